The topological polar surface area (TPSA) is 89.7 Å². The molecule has 1 aliphatic heterocycles. The van der Waals surface area contributed by atoms with Crippen molar-refractivity contribution in [3.63, 3.8) is 0 Å². The number of hydrogen-bond acceptors (Lipinski definition) is 5. The molecule has 1 aromatic carbocycles. The molecule has 1 saturated heterocycles. The van der Waals surface area contributed by atoms with Gasteiger partial charge in [0.25, 0.3) is 0 Å². The van der Waals surface area contributed by atoms with Crippen molar-refractivity contribution in [3.05, 3.63) is 29.3 Å². The van der Waals surface area contributed by atoms with Crippen molar-refractivity contribution in [2.75, 3.05) is 20.2 Å². The fourth-order valence-electron chi connectivity index (χ4n) is 2.81. The van der Waals surface area contributed by atoms with E-state index in [4.69, 9.17) is 10.5 Å². The number of benzene rings is 1. The standard InChI is InChI=1S/C16H24N2O4S/c1-11-5-6-13(12(9-11)15(19)22-4)23(20,21)18-8-7-14(17)16(2,3)10-18/h5-6,9,14H,7-8,10,17H2,1-4H3. The van der Waals surface area contributed by atoms with Crippen molar-refractivity contribution >= 4 is 16.0 Å². The van der Waals surface area contributed by atoms with Crippen LogP contribution in [0.1, 0.15) is 36.2 Å². The third-order valence-electron chi connectivity index (χ3n) is 4.44. The van der Waals surface area contributed by atoms with E-state index in [1.54, 1.807) is 19.1 Å². The van der Waals surface area contributed by atoms with Gasteiger partial charge < -0.3 is 10.5 Å². The predicted molar refractivity (Wildman–Crippen MR) is 87.7 cm³/mol. The summed E-state index contributed by atoms with van der Waals surface area (Å²) in [5.74, 6) is -0.653. The summed E-state index contributed by atoms with van der Waals surface area (Å²) in [5, 5.41) is 0. The minimum atomic E-state index is -3.78. The molecule has 2 N–H and O–H groups in total. The van der Waals surface area contributed by atoms with Crippen LogP contribution < -0.4 is 5.73 Å². The van der Waals surface area contributed by atoms with E-state index in [0.717, 1.165) is 5.56 Å². The summed E-state index contributed by atoms with van der Waals surface area (Å²) in [6, 6.07) is 4.64. The van der Waals surface area contributed by atoms with Gasteiger partial charge in [-0.2, -0.15) is 4.31 Å². The summed E-state index contributed by atoms with van der Waals surface area (Å²) in [7, 11) is -2.54. The molecule has 0 aliphatic carbocycles. The molecule has 0 amide bonds. The van der Waals surface area contributed by atoms with Gasteiger partial charge in [0, 0.05) is 19.1 Å². The number of sulfonamides is 1. The number of hydrogen-bond donors (Lipinski definition) is 1. The van der Waals surface area contributed by atoms with Gasteiger partial charge in [0.15, 0.2) is 0 Å². The Morgan fingerprint density at radius 3 is 2.61 bits per heavy atom. The van der Waals surface area contributed by atoms with Crippen molar-refractivity contribution in [2.24, 2.45) is 11.1 Å². The lowest BCUT2D eigenvalue weighted by Gasteiger charge is -2.41. The number of carbonyl (C=O) groups excluding carboxylic acids is 1. The Kier molecular flexibility index (Phi) is 4.84. The maximum atomic E-state index is 13.0. The Morgan fingerprint density at radius 2 is 2.04 bits per heavy atom. The molecular weight excluding hydrogens is 316 g/mol. The number of aryl methyl sites for hydroxylation is 1. The lowest BCUT2D eigenvalue weighted by Crippen LogP contribution is -2.54. The highest BCUT2D eigenvalue weighted by atomic mass is 32.2. The van der Waals surface area contributed by atoms with Gasteiger partial charge in [-0.3, -0.25) is 0 Å². The van der Waals surface area contributed by atoms with E-state index < -0.39 is 16.0 Å². The number of ether oxygens (including phenoxy) is 1. The average Bonchev–Trinajstić information content (AvgIpc) is 2.48. The van der Waals surface area contributed by atoms with Crippen LogP contribution in [0.25, 0.3) is 0 Å². The molecule has 1 aromatic rings. The second kappa shape index (κ2) is 6.22. The number of rotatable bonds is 3. The highest BCUT2D eigenvalue weighted by molar-refractivity contribution is 7.89. The predicted octanol–water partition coefficient (Wildman–Crippen LogP) is 1.53. The third-order valence-corrected chi connectivity index (χ3v) is 6.34. The van der Waals surface area contributed by atoms with Crippen molar-refractivity contribution in [2.45, 2.75) is 38.1 Å². The van der Waals surface area contributed by atoms with Gasteiger partial charge in [0.2, 0.25) is 10.0 Å². The Labute approximate surface area is 137 Å². The minimum Gasteiger partial charge on any atom is -0.465 e. The Bertz CT molecular complexity index is 713. The first-order valence-corrected chi connectivity index (χ1v) is 8.98. The van der Waals surface area contributed by atoms with Gasteiger partial charge in [0.1, 0.15) is 0 Å². The molecule has 1 heterocycles. The summed E-state index contributed by atoms with van der Waals surface area (Å²) in [6.07, 6.45) is 0.589. The molecule has 1 atom stereocenters. The second-order valence-electron chi connectivity index (χ2n) is 6.71. The molecule has 0 radical (unpaired) electrons. The second-order valence-corrected chi connectivity index (χ2v) is 8.62. The summed E-state index contributed by atoms with van der Waals surface area (Å²) >= 11 is 0. The Balaban J connectivity index is 2.47. The van der Waals surface area contributed by atoms with Gasteiger partial charge in [-0.05, 0) is 30.9 Å². The van der Waals surface area contributed by atoms with Gasteiger partial charge in [-0.15, -0.1) is 0 Å². The number of esters is 1. The molecule has 1 aliphatic rings. The van der Waals surface area contributed by atoms with E-state index in [0.29, 0.717) is 19.5 Å². The molecule has 1 unspecified atom stereocenters. The maximum absolute atomic E-state index is 13.0. The molecule has 128 valence electrons. The molecule has 7 heteroatoms. The zero-order valence-corrected chi connectivity index (χ0v) is 14.8. The van der Waals surface area contributed by atoms with Gasteiger partial charge in [-0.25, -0.2) is 13.2 Å². The number of piperidine rings is 1. The molecule has 0 bridgehead atoms. The lowest BCUT2D eigenvalue weighted by atomic mass is 9.81. The van der Waals surface area contributed by atoms with Crippen LogP contribution in [0.15, 0.2) is 23.1 Å². The van der Waals surface area contributed by atoms with E-state index in [-0.39, 0.29) is 21.9 Å². The average molecular weight is 340 g/mol. The number of carbonyl (C=O) groups is 1. The number of nitrogens with zero attached hydrogens (tertiary/aromatic N) is 1. The Morgan fingerprint density at radius 1 is 1.39 bits per heavy atom. The van der Waals surface area contributed by atoms with Gasteiger partial charge in [0.05, 0.1) is 17.6 Å². The highest BCUT2D eigenvalue weighted by Gasteiger charge is 2.40. The van der Waals surface area contributed by atoms with Gasteiger partial charge in [-0.1, -0.05) is 25.5 Å². The van der Waals surface area contributed by atoms with Crippen molar-refractivity contribution in [1.82, 2.24) is 4.31 Å². The molecule has 0 spiro atoms. The molecule has 0 aromatic heterocycles. The molecule has 6 nitrogen and oxygen atoms in total. The van der Waals surface area contributed by atoms with Crippen molar-refractivity contribution in [3.8, 4) is 0 Å². The van der Waals surface area contributed by atoms with E-state index in [1.807, 2.05) is 13.8 Å². The number of nitrogens with two attached hydrogens (primary N) is 1. The summed E-state index contributed by atoms with van der Waals surface area (Å²) in [6.45, 7) is 6.38. The van der Waals surface area contributed by atoms with E-state index in [2.05, 4.69) is 0 Å². The highest BCUT2D eigenvalue weighted by Crippen LogP contribution is 2.32. The van der Waals surface area contributed by atoms with Crippen LogP contribution in [0.3, 0.4) is 0 Å². The van der Waals surface area contributed by atoms with Crippen LogP contribution in [-0.2, 0) is 14.8 Å². The molecule has 0 saturated carbocycles. The van der Waals surface area contributed by atoms with Crippen LogP contribution in [0.5, 0.6) is 0 Å². The first kappa shape index (κ1) is 17.9. The zero-order chi connectivity index (χ0) is 17.4. The third kappa shape index (κ3) is 3.41. The van der Waals surface area contributed by atoms with E-state index in [1.165, 1.54) is 17.5 Å². The molecular formula is C16H24N2O4S. The van der Waals surface area contributed by atoms with Crippen molar-refractivity contribution < 1.29 is 17.9 Å². The van der Waals surface area contributed by atoms with Crippen molar-refractivity contribution in [1.29, 1.82) is 0 Å². The molecule has 23 heavy (non-hydrogen) atoms. The maximum Gasteiger partial charge on any atom is 0.339 e. The van der Waals surface area contributed by atoms with Gasteiger partial charge >= 0.3 is 5.97 Å². The zero-order valence-electron chi connectivity index (χ0n) is 14.0. The SMILES string of the molecule is COC(=O)c1cc(C)ccc1S(=O)(=O)N1CCC(N)C(C)(C)C1. The van der Waals surface area contributed by atoms with E-state index in [9.17, 15) is 13.2 Å². The quantitative estimate of drug-likeness (QED) is 0.843. The molecule has 1 fully saturated rings. The summed E-state index contributed by atoms with van der Waals surface area (Å²) in [4.78, 5) is 12.0. The van der Waals surface area contributed by atoms with Crippen LogP contribution in [0.2, 0.25) is 0 Å². The smallest absolute Gasteiger partial charge is 0.339 e. The van der Waals surface area contributed by atoms with Crippen LogP contribution in [0, 0.1) is 12.3 Å². The first-order valence-electron chi connectivity index (χ1n) is 7.54. The molecule has 2 rings (SSSR count). The first-order chi connectivity index (χ1) is 10.6. The number of methoxy groups -OCH3 is 1. The van der Waals surface area contributed by atoms with Crippen LogP contribution >= 0.6 is 0 Å². The van der Waals surface area contributed by atoms with Crippen LogP contribution in [0.4, 0.5) is 0 Å². The lowest BCUT2D eigenvalue weighted by molar-refractivity contribution is 0.0596. The van der Waals surface area contributed by atoms with Crippen LogP contribution in [-0.4, -0.2) is 44.9 Å². The minimum absolute atomic E-state index is 0.0128. The normalized spacial score (nSPS) is 21.9. The fraction of sp³-hybridized carbons (Fsp3) is 0.562. The summed E-state index contributed by atoms with van der Waals surface area (Å²) in [5.41, 5.74) is 6.63. The Hall–Kier alpha value is -1.44. The largest absolute Gasteiger partial charge is 0.465 e. The fourth-order valence-corrected chi connectivity index (χ4v) is 4.59. The van der Waals surface area contributed by atoms with E-state index >= 15 is 0 Å². The monoisotopic (exact) mass is 340 g/mol. The summed E-state index contributed by atoms with van der Waals surface area (Å²) < 4.78 is 32.2.